The summed E-state index contributed by atoms with van der Waals surface area (Å²) in [7, 11) is 0. The second-order valence-corrected chi connectivity index (χ2v) is 5.02. The highest BCUT2D eigenvalue weighted by molar-refractivity contribution is 9.11. The zero-order valence-corrected chi connectivity index (χ0v) is 11.4. The molecule has 0 bridgehead atoms. The molecule has 1 aromatic rings. The maximum atomic E-state index is 9.58. The molecule has 0 saturated heterocycles. The number of nitrogens with two attached hydrogens (primary N) is 1. The second kappa shape index (κ2) is 4.77. The molecule has 0 fully saturated rings. The Bertz CT molecular complexity index is 328. The molecule has 0 aliphatic carbocycles. The Morgan fingerprint density at radius 3 is 2.38 bits per heavy atom. The van der Waals surface area contributed by atoms with Gasteiger partial charge in [0.2, 0.25) is 0 Å². The second-order valence-electron chi connectivity index (χ2n) is 2.52. The van der Waals surface area contributed by atoms with Crippen LogP contribution < -0.4 is 5.73 Å². The van der Waals surface area contributed by atoms with E-state index < -0.39 is 0 Å². The normalized spacial score (nSPS) is 10.5. The molecule has 1 rings (SSSR count). The molecule has 0 saturated carbocycles. The van der Waals surface area contributed by atoms with Crippen LogP contribution in [0.3, 0.4) is 0 Å². The fourth-order valence-electron chi connectivity index (χ4n) is 0.993. The van der Waals surface area contributed by atoms with Gasteiger partial charge >= 0.3 is 0 Å². The molecule has 0 amide bonds. The van der Waals surface area contributed by atoms with E-state index >= 15 is 0 Å². The third-order valence-corrected chi connectivity index (χ3v) is 3.80. The predicted molar refractivity (Wildman–Crippen MR) is 64.0 cm³/mol. The van der Waals surface area contributed by atoms with Crippen molar-refractivity contribution in [1.82, 2.24) is 0 Å². The van der Waals surface area contributed by atoms with Gasteiger partial charge in [0.25, 0.3) is 0 Å². The molecule has 72 valence electrons. The largest absolute Gasteiger partial charge is 0.506 e. The van der Waals surface area contributed by atoms with Crippen molar-refractivity contribution in [1.29, 1.82) is 0 Å². The van der Waals surface area contributed by atoms with E-state index in [1.54, 1.807) is 0 Å². The number of aromatic hydroxyl groups is 1. The molecular formula is C8H8Br3NO. The van der Waals surface area contributed by atoms with E-state index in [-0.39, 0.29) is 5.75 Å². The molecule has 1 aromatic carbocycles. The summed E-state index contributed by atoms with van der Waals surface area (Å²) in [6, 6.07) is 1.81. The molecule has 0 radical (unpaired) electrons. The Morgan fingerprint density at radius 1 is 1.23 bits per heavy atom. The summed E-state index contributed by atoms with van der Waals surface area (Å²) in [6.07, 6.45) is 0.724. The molecule has 0 aromatic heterocycles. The summed E-state index contributed by atoms with van der Waals surface area (Å²) in [4.78, 5) is 0. The van der Waals surface area contributed by atoms with Crippen LogP contribution in [0, 0.1) is 0 Å². The Labute approximate surface area is 102 Å². The van der Waals surface area contributed by atoms with Gasteiger partial charge in [0.1, 0.15) is 5.75 Å². The van der Waals surface area contributed by atoms with Crippen LogP contribution in [0.2, 0.25) is 0 Å². The summed E-state index contributed by atoms with van der Waals surface area (Å²) < 4.78 is 2.29. The quantitative estimate of drug-likeness (QED) is 0.836. The van der Waals surface area contributed by atoms with Gasteiger partial charge in [0.15, 0.2) is 0 Å². The molecule has 0 aliphatic rings. The highest BCUT2D eigenvalue weighted by Gasteiger charge is 2.12. The van der Waals surface area contributed by atoms with Crippen molar-refractivity contribution in [3.05, 3.63) is 25.0 Å². The summed E-state index contributed by atoms with van der Waals surface area (Å²) in [6.45, 7) is 0.554. The highest BCUT2D eigenvalue weighted by Crippen LogP contribution is 2.39. The Kier molecular flexibility index (Phi) is 4.22. The minimum absolute atomic E-state index is 0.214. The Balaban J connectivity index is 3.26. The summed E-state index contributed by atoms with van der Waals surface area (Å²) in [5.74, 6) is 0.214. The van der Waals surface area contributed by atoms with Crippen molar-refractivity contribution in [2.75, 3.05) is 6.54 Å². The van der Waals surface area contributed by atoms with Crippen molar-refractivity contribution in [3.63, 3.8) is 0 Å². The monoisotopic (exact) mass is 371 g/mol. The first kappa shape index (κ1) is 11.5. The molecule has 0 heterocycles. The highest BCUT2D eigenvalue weighted by atomic mass is 79.9. The third kappa shape index (κ3) is 2.46. The molecule has 13 heavy (non-hydrogen) atoms. The van der Waals surface area contributed by atoms with E-state index in [1.807, 2.05) is 6.07 Å². The molecule has 0 atom stereocenters. The van der Waals surface area contributed by atoms with Crippen molar-refractivity contribution < 1.29 is 5.11 Å². The summed E-state index contributed by atoms with van der Waals surface area (Å²) in [5.41, 5.74) is 6.44. The van der Waals surface area contributed by atoms with Crippen molar-refractivity contribution in [2.24, 2.45) is 5.73 Å². The molecule has 0 aliphatic heterocycles. The average molecular weight is 374 g/mol. The van der Waals surface area contributed by atoms with Crippen LogP contribution in [0.4, 0.5) is 0 Å². The van der Waals surface area contributed by atoms with Gasteiger partial charge in [0.05, 0.1) is 8.95 Å². The van der Waals surface area contributed by atoms with Gasteiger partial charge < -0.3 is 10.8 Å². The maximum absolute atomic E-state index is 9.58. The van der Waals surface area contributed by atoms with Gasteiger partial charge in [-0.25, -0.2) is 0 Å². The third-order valence-electron chi connectivity index (χ3n) is 1.64. The molecule has 3 N–H and O–H groups in total. The van der Waals surface area contributed by atoms with Gasteiger partial charge in [-0.3, -0.25) is 0 Å². The van der Waals surface area contributed by atoms with E-state index in [0.29, 0.717) is 15.5 Å². The SMILES string of the molecule is NCCc1c(Br)cc(Br)c(O)c1Br. The first-order valence-electron chi connectivity index (χ1n) is 3.63. The molecule has 2 nitrogen and oxygen atoms in total. The number of phenolic OH excluding ortho intramolecular Hbond substituents is 1. The number of hydrogen-bond donors (Lipinski definition) is 2. The van der Waals surface area contributed by atoms with E-state index in [9.17, 15) is 5.11 Å². The van der Waals surface area contributed by atoms with E-state index in [1.165, 1.54) is 0 Å². The zero-order chi connectivity index (χ0) is 10.0. The van der Waals surface area contributed by atoms with E-state index in [0.717, 1.165) is 16.5 Å². The van der Waals surface area contributed by atoms with Crippen LogP contribution in [0.1, 0.15) is 5.56 Å². The molecule has 0 spiro atoms. The predicted octanol–water partition coefficient (Wildman–Crippen LogP) is 3.18. The lowest BCUT2D eigenvalue weighted by atomic mass is 10.1. The van der Waals surface area contributed by atoms with Crippen LogP contribution in [0.5, 0.6) is 5.75 Å². The maximum Gasteiger partial charge on any atom is 0.144 e. The van der Waals surface area contributed by atoms with Crippen LogP contribution in [-0.2, 0) is 6.42 Å². The number of hydrogen-bond acceptors (Lipinski definition) is 2. The first-order valence-corrected chi connectivity index (χ1v) is 6.01. The molecule has 0 unspecified atom stereocenters. The number of rotatable bonds is 2. The van der Waals surface area contributed by atoms with Crippen molar-refractivity contribution in [2.45, 2.75) is 6.42 Å². The minimum Gasteiger partial charge on any atom is -0.506 e. The fourth-order valence-corrected chi connectivity index (χ4v) is 3.51. The van der Waals surface area contributed by atoms with Crippen LogP contribution in [0.25, 0.3) is 0 Å². The zero-order valence-electron chi connectivity index (χ0n) is 6.65. The Morgan fingerprint density at radius 2 is 1.85 bits per heavy atom. The molecule has 5 heteroatoms. The number of benzene rings is 1. The van der Waals surface area contributed by atoms with Crippen LogP contribution in [0.15, 0.2) is 19.5 Å². The lowest BCUT2D eigenvalue weighted by molar-refractivity contribution is 0.467. The smallest absolute Gasteiger partial charge is 0.144 e. The minimum atomic E-state index is 0.214. The average Bonchev–Trinajstić information content (AvgIpc) is 2.09. The van der Waals surface area contributed by atoms with E-state index in [2.05, 4.69) is 47.8 Å². The number of phenols is 1. The van der Waals surface area contributed by atoms with Crippen molar-refractivity contribution in [3.8, 4) is 5.75 Å². The summed E-state index contributed by atoms with van der Waals surface area (Å²) >= 11 is 9.96. The van der Waals surface area contributed by atoms with E-state index in [4.69, 9.17) is 5.73 Å². The van der Waals surface area contributed by atoms with Gasteiger partial charge in [0, 0.05) is 4.47 Å². The molecular weight excluding hydrogens is 366 g/mol. The topological polar surface area (TPSA) is 46.2 Å². The van der Waals surface area contributed by atoms with Crippen molar-refractivity contribution >= 4 is 47.8 Å². The van der Waals surface area contributed by atoms with Gasteiger partial charge in [-0.1, -0.05) is 15.9 Å². The summed E-state index contributed by atoms with van der Waals surface area (Å²) in [5, 5.41) is 9.58. The van der Waals surface area contributed by atoms with Crippen LogP contribution >= 0.6 is 47.8 Å². The standard InChI is InChI=1S/C8H8Br3NO/c9-5-3-6(10)8(13)7(11)4(5)1-2-12/h3,13H,1-2,12H2. The van der Waals surface area contributed by atoms with Gasteiger partial charge in [-0.2, -0.15) is 0 Å². The Hall–Kier alpha value is 0.420. The van der Waals surface area contributed by atoms with Gasteiger partial charge in [-0.15, -0.1) is 0 Å². The number of halogens is 3. The van der Waals surface area contributed by atoms with Gasteiger partial charge in [-0.05, 0) is 56.5 Å². The fraction of sp³-hybridized carbons (Fsp3) is 0.250. The lowest BCUT2D eigenvalue weighted by Gasteiger charge is -2.09. The lowest BCUT2D eigenvalue weighted by Crippen LogP contribution is -2.04. The van der Waals surface area contributed by atoms with Crippen LogP contribution in [-0.4, -0.2) is 11.7 Å². The first-order chi connectivity index (χ1) is 6.07.